The summed E-state index contributed by atoms with van der Waals surface area (Å²) in [5.74, 6) is 0.866. The van der Waals surface area contributed by atoms with Crippen molar-refractivity contribution in [3.63, 3.8) is 0 Å². The number of hydrogen-bond donors (Lipinski definition) is 2. The van der Waals surface area contributed by atoms with E-state index >= 15 is 0 Å². The Morgan fingerprint density at radius 1 is 1.06 bits per heavy atom. The Labute approximate surface area is 104 Å². The summed E-state index contributed by atoms with van der Waals surface area (Å²) in [6.45, 7) is 3.23. The number of anilines is 2. The second-order valence-electron chi connectivity index (χ2n) is 5.58. The molecule has 17 heavy (non-hydrogen) atoms. The molecule has 2 N–H and O–H groups in total. The van der Waals surface area contributed by atoms with Crippen molar-refractivity contribution in [3.05, 3.63) is 23.8 Å². The molecule has 1 fully saturated rings. The first kappa shape index (κ1) is 10.9. The van der Waals surface area contributed by atoms with E-state index in [1.165, 1.54) is 49.0 Å². The van der Waals surface area contributed by atoms with Crippen molar-refractivity contribution in [2.75, 3.05) is 17.2 Å². The fraction of sp³-hybridized carbons (Fsp3) is 0.600. The monoisotopic (exact) mass is 230 g/mol. The van der Waals surface area contributed by atoms with Crippen molar-refractivity contribution in [2.45, 2.75) is 45.1 Å². The number of benzene rings is 1. The molecule has 1 saturated carbocycles. The molecular weight excluding hydrogens is 208 g/mol. The fourth-order valence-corrected chi connectivity index (χ4v) is 3.22. The molecule has 1 aliphatic carbocycles. The zero-order valence-electron chi connectivity index (χ0n) is 10.6. The molecular formula is C15H22N2. The smallest absolute Gasteiger partial charge is 0.0579 e. The zero-order chi connectivity index (χ0) is 11.7. The van der Waals surface area contributed by atoms with Crippen LogP contribution in [0.15, 0.2) is 18.2 Å². The van der Waals surface area contributed by atoms with Crippen LogP contribution in [0.1, 0.15) is 37.7 Å². The van der Waals surface area contributed by atoms with Gasteiger partial charge in [0.05, 0.1) is 11.4 Å². The minimum absolute atomic E-state index is 0.630. The van der Waals surface area contributed by atoms with Crippen LogP contribution in [-0.4, -0.2) is 12.6 Å². The van der Waals surface area contributed by atoms with Crippen molar-refractivity contribution in [1.82, 2.24) is 0 Å². The Hall–Kier alpha value is -1.18. The molecule has 2 aliphatic rings. The topological polar surface area (TPSA) is 24.1 Å². The van der Waals surface area contributed by atoms with Crippen molar-refractivity contribution >= 4 is 11.4 Å². The van der Waals surface area contributed by atoms with Gasteiger partial charge in [-0.25, -0.2) is 0 Å². The highest BCUT2D eigenvalue weighted by atomic mass is 15.1. The van der Waals surface area contributed by atoms with Gasteiger partial charge >= 0.3 is 0 Å². The van der Waals surface area contributed by atoms with Crippen LogP contribution in [0.3, 0.4) is 0 Å². The summed E-state index contributed by atoms with van der Waals surface area (Å²) < 4.78 is 0. The maximum Gasteiger partial charge on any atom is 0.0579 e. The maximum absolute atomic E-state index is 3.73. The van der Waals surface area contributed by atoms with Gasteiger partial charge in [-0.15, -0.1) is 0 Å². The predicted molar refractivity (Wildman–Crippen MR) is 73.7 cm³/mol. The Morgan fingerprint density at radius 2 is 1.88 bits per heavy atom. The predicted octanol–water partition coefficient (Wildman–Crippen LogP) is 3.78. The van der Waals surface area contributed by atoms with Gasteiger partial charge in [-0.1, -0.05) is 25.3 Å². The lowest BCUT2D eigenvalue weighted by Gasteiger charge is -2.36. The quantitative estimate of drug-likeness (QED) is 0.767. The second kappa shape index (κ2) is 4.59. The minimum atomic E-state index is 0.630. The first-order valence-electron chi connectivity index (χ1n) is 6.94. The standard InChI is InChI=1S/C15H22N2/c1-11-7-8-13-14(9-11)16-10-15(17-13)12-5-3-2-4-6-12/h7-9,12,15-17H,2-6,10H2,1H3. The van der Waals surface area contributed by atoms with Gasteiger partial charge in [-0.05, 0) is 43.4 Å². The number of rotatable bonds is 1. The largest absolute Gasteiger partial charge is 0.381 e. The zero-order valence-corrected chi connectivity index (χ0v) is 10.6. The van der Waals surface area contributed by atoms with Crippen molar-refractivity contribution in [2.24, 2.45) is 5.92 Å². The third-order valence-electron chi connectivity index (χ3n) is 4.25. The third kappa shape index (κ3) is 2.26. The molecule has 1 aromatic rings. The van der Waals surface area contributed by atoms with Gasteiger partial charge in [0.15, 0.2) is 0 Å². The van der Waals surface area contributed by atoms with E-state index in [4.69, 9.17) is 0 Å². The molecule has 2 heteroatoms. The van der Waals surface area contributed by atoms with Gasteiger partial charge in [-0.3, -0.25) is 0 Å². The Morgan fingerprint density at radius 3 is 2.71 bits per heavy atom. The maximum atomic E-state index is 3.73. The van der Waals surface area contributed by atoms with Gasteiger partial charge < -0.3 is 10.6 Å². The van der Waals surface area contributed by atoms with Crippen LogP contribution in [0.25, 0.3) is 0 Å². The van der Waals surface area contributed by atoms with Crippen LogP contribution in [-0.2, 0) is 0 Å². The molecule has 2 nitrogen and oxygen atoms in total. The molecule has 1 aromatic carbocycles. The Balaban J connectivity index is 1.73. The van der Waals surface area contributed by atoms with Crippen LogP contribution >= 0.6 is 0 Å². The lowest BCUT2D eigenvalue weighted by atomic mass is 9.83. The molecule has 0 spiro atoms. The molecule has 1 heterocycles. The summed E-state index contributed by atoms with van der Waals surface area (Å²) in [5.41, 5.74) is 3.89. The van der Waals surface area contributed by atoms with Crippen LogP contribution in [0, 0.1) is 12.8 Å². The van der Waals surface area contributed by atoms with Crippen LogP contribution in [0.4, 0.5) is 11.4 Å². The molecule has 0 saturated heterocycles. The Bertz CT molecular complexity index is 394. The van der Waals surface area contributed by atoms with E-state index in [-0.39, 0.29) is 0 Å². The highest BCUT2D eigenvalue weighted by Gasteiger charge is 2.26. The summed E-state index contributed by atoms with van der Waals surface area (Å²) in [7, 11) is 0. The van der Waals surface area contributed by atoms with Crippen molar-refractivity contribution in [3.8, 4) is 0 Å². The lowest BCUT2D eigenvalue weighted by Crippen LogP contribution is -2.40. The number of aryl methyl sites for hydroxylation is 1. The summed E-state index contributed by atoms with van der Waals surface area (Å²) in [4.78, 5) is 0. The van der Waals surface area contributed by atoms with Crippen molar-refractivity contribution in [1.29, 1.82) is 0 Å². The first-order chi connectivity index (χ1) is 8.33. The van der Waals surface area contributed by atoms with E-state index in [2.05, 4.69) is 35.8 Å². The fourth-order valence-electron chi connectivity index (χ4n) is 3.22. The van der Waals surface area contributed by atoms with E-state index in [0.717, 1.165) is 12.5 Å². The van der Waals surface area contributed by atoms with E-state index in [9.17, 15) is 0 Å². The van der Waals surface area contributed by atoms with Gasteiger partial charge in [-0.2, -0.15) is 0 Å². The molecule has 0 aromatic heterocycles. The third-order valence-corrected chi connectivity index (χ3v) is 4.25. The first-order valence-corrected chi connectivity index (χ1v) is 6.94. The molecule has 1 aliphatic heterocycles. The van der Waals surface area contributed by atoms with Gasteiger partial charge in [0.2, 0.25) is 0 Å². The van der Waals surface area contributed by atoms with Crippen LogP contribution < -0.4 is 10.6 Å². The van der Waals surface area contributed by atoms with Gasteiger partial charge in [0, 0.05) is 12.6 Å². The highest BCUT2D eigenvalue weighted by Crippen LogP contribution is 2.33. The average molecular weight is 230 g/mol. The molecule has 92 valence electrons. The number of hydrogen-bond acceptors (Lipinski definition) is 2. The van der Waals surface area contributed by atoms with Crippen LogP contribution in [0.2, 0.25) is 0 Å². The number of fused-ring (bicyclic) bond motifs is 1. The highest BCUT2D eigenvalue weighted by molar-refractivity contribution is 5.72. The van der Waals surface area contributed by atoms with E-state index in [0.29, 0.717) is 6.04 Å². The lowest BCUT2D eigenvalue weighted by molar-refractivity contribution is 0.322. The summed E-state index contributed by atoms with van der Waals surface area (Å²) in [6, 6.07) is 7.27. The van der Waals surface area contributed by atoms with Gasteiger partial charge in [0.25, 0.3) is 0 Å². The van der Waals surface area contributed by atoms with E-state index in [1.807, 2.05) is 0 Å². The van der Waals surface area contributed by atoms with Gasteiger partial charge in [0.1, 0.15) is 0 Å². The molecule has 1 atom stereocenters. The second-order valence-corrected chi connectivity index (χ2v) is 5.58. The summed E-state index contributed by atoms with van der Waals surface area (Å²) >= 11 is 0. The van der Waals surface area contributed by atoms with Crippen molar-refractivity contribution < 1.29 is 0 Å². The summed E-state index contributed by atoms with van der Waals surface area (Å²) in [5, 5.41) is 7.32. The SMILES string of the molecule is Cc1ccc2c(c1)NCC(C1CCCCC1)N2. The molecule has 0 radical (unpaired) electrons. The molecule has 0 amide bonds. The minimum Gasteiger partial charge on any atom is -0.381 e. The Kier molecular flexibility index (Phi) is 2.96. The normalized spacial score (nSPS) is 24.6. The average Bonchev–Trinajstić information content (AvgIpc) is 2.39. The van der Waals surface area contributed by atoms with E-state index < -0.39 is 0 Å². The molecule has 1 unspecified atom stereocenters. The van der Waals surface area contributed by atoms with E-state index in [1.54, 1.807) is 0 Å². The molecule has 0 bridgehead atoms. The van der Waals surface area contributed by atoms with Crippen LogP contribution in [0.5, 0.6) is 0 Å². The number of nitrogens with one attached hydrogen (secondary N) is 2. The summed E-state index contributed by atoms with van der Waals surface area (Å²) in [6.07, 6.45) is 7.08. The molecule has 3 rings (SSSR count).